The molecule has 0 radical (unpaired) electrons. The Morgan fingerprint density at radius 1 is 1.13 bits per heavy atom. The summed E-state index contributed by atoms with van der Waals surface area (Å²) in [5, 5.41) is 2.60. The summed E-state index contributed by atoms with van der Waals surface area (Å²) in [6, 6.07) is 13.3. The molecule has 0 heterocycles. The van der Waals surface area contributed by atoms with Crippen LogP contribution in [0.15, 0.2) is 57.9 Å². The normalized spacial score (nSPS) is 12.5. The van der Waals surface area contributed by atoms with Crippen LogP contribution in [-0.2, 0) is 14.6 Å². The molecular formula is C16H16BrNO4S. The Labute approximate surface area is 143 Å². The molecule has 7 heteroatoms. The van der Waals surface area contributed by atoms with Crippen LogP contribution in [0.2, 0.25) is 0 Å². The zero-order valence-corrected chi connectivity index (χ0v) is 15.0. The van der Waals surface area contributed by atoms with Gasteiger partial charge in [-0.3, -0.25) is 4.79 Å². The Hall–Kier alpha value is -1.86. The Morgan fingerprint density at radius 2 is 1.74 bits per heavy atom. The summed E-state index contributed by atoms with van der Waals surface area (Å²) >= 11 is 3.32. The number of carbonyl (C=O) groups excluding carboxylic acids is 1. The van der Waals surface area contributed by atoms with Gasteiger partial charge in [-0.15, -0.1) is 0 Å². The van der Waals surface area contributed by atoms with Crippen molar-refractivity contribution in [2.45, 2.75) is 17.9 Å². The molecule has 2 aromatic carbocycles. The molecule has 1 amide bonds. The second kappa shape index (κ2) is 7.14. The Kier molecular flexibility index (Phi) is 5.43. The number of halogens is 1. The summed E-state index contributed by atoms with van der Waals surface area (Å²) in [6.45, 7) is 1.60. The molecule has 1 unspecified atom stereocenters. The highest BCUT2D eigenvalue weighted by Gasteiger charge is 2.19. The monoisotopic (exact) mass is 397 g/mol. The van der Waals surface area contributed by atoms with E-state index in [-0.39, 0.29) is 10.6 Å². The molecule has 2 aromatic rings. The van der Waals surface area contributed by atoms with Gasteiger partial charge in [-0.25, -0.2) is 8.42 Å². The maximum absolute atomic E-state index is 12.2. The van der Waals surface area contributed by atoms with Crippen LogP contribution in [0.3, 0.4) is 0 Å². The lowest BCUT2D eigenvalue weighted by Gasteiger charge is -2.16. The molecule has 0 bridgehead atoms. The summed E-state index contributed by atoms with van der Waals surface area (Å²) in [4.78, 5) is 12.3. The molecule has 0 aliphatic carbocycles. The van der Waals surface area contributed by atoms with E-state index in [2.05, 4.69) is 21.2 Å². The van der Waals surface area contributed by atoms with Gasteiger partial charge in [0.25, 0.3) is 5.91 Å². The summed E-state index contributed by atoms with van der Waals surface area (Å²) in [6.07, 6.45) is 0.323. The third-order valence-electron chi connectivity index (χ3n) is 3.04. The molecule has 2 rings (SSSR count). The lowest BCUT2D eigenvalue weighted by atomic mass is 10.3. The number of hydrogen-bond acceptors (Lipinski definition) is 4. The highest BCUT2D eigenvalue weighted by molar-refractivity contribution is 9.10. The molecule has 0 saturated carbocycles. The standard InChI is InChI=1S/C16H16BrNO4S/c1-11(22-13-9-7-12(17)8-10-13)16(19)18-14-5-3-4-6-15(14)23(2,20)21/h3-11H,1-2H3,(H,18,19). The summed E-state index contributed by atoms with van der Waals surface area (Å²) < 4.78 is 29.9. The van der Waals surface area contributed by atoms with Crippen molar-refractivity contribution in [3.05, 3.63) is 53.0 Å². The van der Waals surface area contributed by atoms with Crippen LogP contribution in [-0.4, -0.2) is 26.7 Å². The smallest absolute Gasteiger partial charge is 0.265 e. The van der Waals surface area contributed by atoms with Crippen LogP contribution in [0.25, 0.3) is 0 Å². The van der Waals surface area contributed by atoms with Crippen molar-refractivity contribution in [2.75, 3.05) is 11.6 Å². The van der Waals surface area contributed by atoms with E-state index >= 15 is 0 Å². The third kappa shape index (κ3) is 4.80. The van der Waals surface area contributed by atoms with Crippen molar-refractivity contribution < 1.29 is 17.9 Å². The van der Waals surface area contributed by atoms with Gasteiger partial charge in [-0.05, 0) is 43.3 Å². The topological polar surface area (TPSA) is 72.5 Å². The predicted molar refractivity (Wildman–Crippen MR) is 92.4 cm³/mol. The fourth-order valence-corrected chi connectivity index (χ4v) is 3.01. The number of sulfone groups is 1. The maximum Gasteiger partial charge on any atom is 0.265 e. The van der Waals surface area contributed by atoms with Gasteiger partial charge in [0.15, 0.2) is 15.9 Å². The lowest BCUT2D eigenvalue weighted by molar-refractivity contribution is -0.122. The van der Waals surface area contributed by atoms with Gasteiger partial charge < -0.3 is 10.1 Å². The van der Waals surface area contributed by atoms with E-state index in [4.69, 9.17) is 4.74 Å². The first kappa shape index (κ1) is 17.5. The Bertz CT molecular complexity index is 803. The first-order valence-corrected chi connectivity index (χ1v) is 9.48. The summed E-state index contributed by atoms with van der Waals surface area (Å²) in [5.41, 5.74) is 0.242. The number of hydrogen-bond donors (Lipinski definition) is 1. The predicted octanol–water partition coefficient (Wildman–Crippen LogP) is 3.26. The van der Waals surface area contributed by atoms with E-state index in [1.165, 1.54) is 6.07 Å². The third-order valence-corrected chi connectivity index (χ3v) is 4.72. The molecule has 0 aromatic heterocycles. The largest absolute Gasteiger partial charge is 0.481 e. The zero-order valence-electron chi connectivity index (χ0n) is 12.6. The van der Waals surface area contributed by atoms with E-state index in [0.717, 1.165) is 10.7 Å². The Balaban J connectivity index is 2.11. The molecule has 0 aliphatic heterocycles. The first-order chi connectivity index (χ1) is 10.8. The number of nitrogens with one attached hydrogen (secondary N) is 1. The number of para-hydroxylation sites is 1. The van der Waals surface area contributed by atoms with E-state index < -0.39 is 21.8 Å². The lowest BCUT2D eigenvalue weighted by Crippen LogP contribution is -2.30. The second-order valence-electron chi connectivity index (χ2n) is 4.97. The number of ether oxygens (including phenoxy) is 1. The Morgan fingerprint density at radius 3 is 2.35 bits per heavy atom. The highest BCUT2D eigenvalue weighted by atomic mass is 79.9. The van der Waals surface area contributed by atoms with Gasteiger partial charge in [0.1, 0.15) is 5.75 Å². The van der Waals surface area contributed by atoms with E-state index in [1.54, 1.807) is 49.4 Å². The number of anilines is 1. The van der Waals surface area contributed by atoms with Crippen molar-refractivity contribution in [1.82, 2.24) is 0 Å². The molecule has 0 aliphatic rings. The quantitative estimate of drug-likeness (QED) is 0.839. The maximum atomic E-state index is 12.2. The van der Waals surface area contributed by atoms with Crippen LogP contribution in [0.5, 0.6) is 5.75 Å². The fourth-order valence-electron chi connectivity index (χ4n) is 1.90. The zero-order chi connectivity index (χ0) is 17.0. The van der Waals surface area contributed by atoms with Crippen LogP contribution in [0.1, 0.15) is 6.92 Å². The highest BCUT2D eigenvalue weighted by Crippen LogP contribution is 2.22. The second-order valence-corrected chi connectivity index (χ2v) is 7.87. The van der Waals surface area contributed by atoms with Crippen LogP contribution in [0, 0.1) is 0 Å². The van der Waals surface area contributed by atoms with E-state index in [9.17, 15) is 13.2 Å². The number of benzene rings is 2. The molecule has 0 fully saturated rings. The van der Waals surface area contributed by atoms with Gasteiger partial charge in [0.2, 0.25) is 0 Å². The molecule has 122 valence electrons. The fraction of sp³-hybridized carbons (Fsp3) is 0.188. The van der Waals surface area contributed by atoms with Crippen LogP contribution < -0.4 is 10.1 Å². The summed E-state index contributed by atoms with van der Waals surface area (Å²) in [5.74, 6) is 0.122. The van der Waals surface area contributed by atoms with Crippen molar-refractivity contribution in [3.63, 3.8) is 0 Å². The minimum absolute atomic E-state index is 0.0733. The van der Waals surface area contributed by atoms with Gasteiger partial charge in [0, 0.05) is 10.7 Å². The molecule has 5 nitrogen and oxygen atoms in total. The van der Waals surface area contributed by atoms with Gasteiger partial charge in [-0.2, -0.15) is 0 Å². The first-order valence-electron chi connectivity index (χ1n) is 6.79. The molecule has 0 saturated heterocycles. The van der Waals surface area contributed by atoms with Gasteiger partial charge in [0.05, 0.1) is 10.6 Å². The van der Waals surface area contributed by atoms with Gasteiger partial charge in [-0.1, -0.05) is 28.1 Å². The average Bonchev–Trinajstić information content (AvgIpc) is 2.49. The molecule has 23 heavy (non-hydrogen) atoms. The average molecular weight is 398 g/mol. The minimum Gasteiger partial charge on any atom is -0.481 e. The number of rotatable bonds is 5. The van der Waals surface area contributed by atoms with Crippen molar-refractivity contribution in [2.24, 2.45) is 0 Å². The van der Waals surface area contributed by atoms with Crippen molar-refractivity contribution in [3.8, 4) is 5.75 Å². The molecule has 1 atom stereocenters. The number of carbonyl (C=O) groups is 1. The van der Waals surface area contributed by atoms with Crippen LogP contribution >= 0.6 is 15.9 Å². The molecular weight excluding hydrogens is 382 g/mol. The van der Waals surface area contributed by atoms with Crippen molar-refractivity contribution >= 4 is 37.4 Å². The van der Waals surface area contributed by atoms with Crippen molar-refractivity contribution in [1.29, 1.82) is 0 Å². The molecule has 1 N–H and O–H groups in total. The van der Waals surface area contributed by atoms with E-state index in [0.29, 0.717) is 5.75 Å². The summed E-state index contributed by atoms with van der Waals surface area (Å²) in [7, 11) is -3.43. The molecule has 0 spiro atoms. The van der Waals surface area contributed by atoms with Crippen LogP contribution in [0.4, 0.5) is 5.69 Å². The minimum atomic E-state index is -3.43. The number of amides is 1. The SMILES string of the molecule is CC(Oc1ccc(Br)cc1)C(=O)Nc1ccccc1S(C)(=O)=O. The van der Waals surface area contributed by atoms with Gasteiger partial charge >= 0.3 is 0 Å². The van der Waals surface area contributed by atoms with E-state index in [1.807, 2.05) is 0 Å².